The average molecular weight is 380 g/mol. The van der Waals surface area contributed by atoms with Crippen molar-refractivity contribution in [1.82, 2.24) is 0 Å². The number of esters is 1. The van der Waals surface area contributed by atoms with Crippen LogP contribution >= 0.6 is 11.6 Å². The van der Waals surface area contributed by atoms with Crippen LogP contribution < -0.4 is 0 Å². The lowest BCUT2D eigenvalue weighted by Gasteiger charge is -2.30. The second kappa shape index (κ2) is 6.78. The highest BCUT2D eigenvalue weighted by Gasteiger charge is 2.47. The van der Waals surface area contributed by atoms with Gasteiger partial charge in [0.05, 0.1) is 23.8 Å². The Morgan fingerprint density at radius 2 is 1.74 bits per heavy atom. The van der Waals surface area contributed by atoms with Gasteiger partial charge in [-0.25, -0.2) is 4.79 Å². The maximum absolute atomic E-state index is 13.2. The fraction of sp³-hybridized carbons (Fsp3) is 0.227. The maximum Gasteiger partial charge on any atom is 0.336 e. The van der Waals surface area contributed by atoms with Gasteiger partial charge in [0.1, 0.15) is 0 Å². The summed E-state index contributed by atoms with van der Waals surface area (Å²) in [7, 11) is 0. The summed E-state index contributed by atoms with van der Waals surface area (Å²) >= 11 is 6.05. The van der Waals surface area contributed by atoms with Crippen LogP contribution in [0.5, 0.6) is 0 Å². The zero-order valence-electron chi connectivity index (χ0n) is 15.0. The van der Waals surface area contributed by atoms with Gasteiger partial charge in [0.25, 0.3) is 0 Å². The van der Waals surface area contributed by atoms with E-state index in [1.165, 1.54) is 0 Å². The predicted molar refractivity (Wildman–Crippen MR) is 104 cm³/mol. The summed E-state index contributed by atoms with van der Waals surface area (Å²) in [6, 6.07) is 14.7. The molecule has 0 fully saturated rings. The predicted octanol–water partition coefficient (Wildman–Crippen LogP) is 4.58. The number of hydrogen-bond donors (Lipinski definition) is 0. The minimum atomic E-state index is -0.535. The molecule has 1 aliphatic heterocycles. The number of nitrogens with zero attached hydrogens (tertiary/aromatic N) is 1. The van der Waals surface area contributed by atoms with E-state index in [1.54, 1.807) is 26.0 Å². The Hall–Kier alpha value is -2.72. The Balaban J connectivity index is 1.93. The van der Waals surface area contributed by atoms with E-state index < -0.39 is 17.8 Å². The van der Waals surface area contributed by atoms with E-state index in [4.69, 9.17) is 16.3 Å². The molecule has 2 aromatic carbocycles. The number of hydrogen-bond acceptors (Lipinski definition) is 4. The lowest BCUT2D eigenvalue weighted by molar-refractivity contribution is -0.139. The van der Waals surface area contributed by atoms with E-state index in [1.807, 2.05) is 36.4 Å². The van der Waals surface area contributed by atoms with Crippen LogP contribution in [0.1, 0.15) is 41.3 Å². The molecule has 1 heterocycles. The molecule has 0 aromatic heterocycles. The quantitative estimate of drug-likeness (QED) is 0.733. The molecule has 27 heavy (non-hydrogen) atoms. The Morgan fingerprint density at radius 1 is 1.07 bits per heavy atom. The van der Waals surface area contributed by atoms with Gasteiger partial charge in [-0.3, -0.25) is 9.79 Å². The zero-order chi connectivity index (χ0) is 19.1. The Morgan fingerprint density at radius 3 is 2.41 bits per heavy atom. The van der Waals surface area contributed by atoms with Crippen molar-refractivity contribution in [2.45, 2.75) is 19.8 Å². The van der Waals surface area contributed by atoms with Crippen LogP contribution in [0.2, 0.25) is 5.02 Å². The SMILES string of the molecule is CCOC(=O)C1=C(C)N=C2c3ccccc3C(=O)[C@@H]2[C@H]1c1ccc(Cl)cc1. The number of allylic oxidation sites excluding steroid dienone is 1. The van der Waals surface area contributed by atoms with Gasteiger partial charge in [0, 0.05) is 27.8 Å². The number of aliphatic imine (C=N–C) groups is 1. The van der Waals surface area contributed by atoms with Crippen molar-refractivity contribution < 1.29 is 14.3 Å². The number of ether oxygens (including phenoxy) is 1. The highest BCUT2D eigenvalue weighted by molar-refractivity contribution is 6.31. The van der Waals surface area contributed by atoms with Crippen LogP contribution in [0, 0.1) is 5.92 Å². The number of ketones is 1. The average Bonchev–Trinajstić information content (AvgIpc) is 2.94. The highest BCUT2D eigenvalue weighted by atomic mass is 35.5. The number of fused-ring (bicyclic) bond motifs is 3. The topological polar surface area (TPSA) is 55.7 Å². The van der Waals surface area contributed by atoms with Crippen molar-refractivity contribution in [3.05, 3.63) is 81.5 Å². The molecule has 0 unspecified atom stereocenters. The first-order valence-electron chi connectivity index (χ1n) is 8.88. The van der Waals surface area contributed by atoms with Gasteiger partial charge in [-0.05, 0) is 31.5 Å². The van der Waals surface area contributed by atoms with Crippen molar-refractivity contribution in [2.75, 3.05) is 6.61 Å². The zero-order valence-corrected chi connectivity index (χ0v) is 15.8. The third-order valence-electron chi connectivity index (χ3n) is 5.09. The van der Waals surface area contributed by atoms with E-state index >= 15 is 0 Å². The van der Waals surface area contributed by atoms with Gasteiger partial charge in [-0.15, -0.1) is 0 Å². The minimum Gasteiger partial charge on any atom is -0.463 e. The van der Waals surface area contributed by atoms with Crippen LogP contribution in [-0.4, -0.2) is 24.1 Å². The summed E-state index contributed by atoms with van der Waals surface area (Å²) in [6.45, 7) is 3.82. The van der Waals surface area contributed by atoms with Crippen molar-refractivity contribution >= 4 is 29.1 Å². The Labute approximate surface area is 162 Å². The largest absolute Gasteiger partial charge is 0.463 e. The van der Waals surface area contributed by atoms with Crippen LogP contribution in [0.3, 0.4) is 0 Å². The lowest BCUT2D eigenvalue weighted by Crippen LogP contribution is -2.32. The first kappa shape index (κ1) is 17.7. The lowest BCUT2D eigenvalue weighted by atomic mass is 9.75. The summed E-state index contributed by atoms with van der Waals surface area (Å²) in [6.07, 6.45) is 0. The fourth-order valence-electron chi connectivity index (χ4n) is 3.96. The van der Waals surface area contributed by atoms with E-state index in [2.05, 4.69) is 4.99 Å². The van der Waals surface area contributed by atoms with Gasteiger partial charge in [-0.2, -0.15) is 0 Å². The molecule has 4 rings (SSSR count). The second-order valence-corrected chi connectivity index (χ2v) is 7.07. The molecule has 0 saturated carbocycles. The molecule has 1 aliphatic carbocycles. The molecular weight excluding hydrogens is 362 g/mol. The first-order chi connectivity index (χ1) is 13.0. The van der Waals surface area contributed by atoms with Gasteiger partial charge >= 0.3 is 5.97 Å². The molecule has 0 amide bonds. The summed E-state index contributed by atoms with van der Waals surface area (Å²) in [5, 5.41) is 0.600. The molecule has 4 nitrogen and oxygen atoms in total. The number of carbonyl (C=O) groups is 2. The summed E-state index contributed by atoms with van der Waals surface area (Å²) in [5.41, 5.74) is 4.09. The normalized spacial score (nSPS) is 20.9. The van der Waals surface area contributed by atoms with Crippen LogP contribution in [0.15, 0.2) is 64.8 Å². The smallest absolute Gasteiger partial charge is 0.336 e. The molecule has 0 saturated heterocycles. The molecule has 0 radical (unpaired) electrons. The third kappa shape index (κ3) is 2.81. The van der Waals surface area contributed by atoms with Crippen LogP contribution in [-0.2, 0) is 9.53 Å². The van der Waals surface area contributed by atoms with Crippen LogP contribution in [0.4, 0.5) is 0 Å². The Bertz CT molecular complexity index is 1000. The molecule has 2 aromatic rings. The van der Waals surface area contributed by atoms with Crippen molar-refractivity contribution in [1.29, 1.82) is 0 Å². The van der Waals surface area contributed by atoms with Crippen LogP contribution in [0.25, 0.3) is 0 Å². The molecule has 5 heteroatoms. The Kier molecular flexibility index (Phi) is 4.44. The fourth-order valence-corrected chi connectivity index (χ4v) is 4.09. The number of carbonyl (C=O) groups excluding carboxylic acids is 2. The molecule has 0 bridgehead atoms. The molecule has 0 spiro atoms. The molecule has 0 N–H and O–H groups in total. The first-order valence-corrected chi connectivity index (χ1v) is 9.26. The molecule has 2 aliphatic rings. The van der Waals surface area contributed by atoms with Crippen molar-refractivity contribution in [3.63, 3.8) is 0 Å². The minimum absolute atomic E-state index is 0.0152. The summed E-state index contributed by atoms with van der Waals surface area (Å²) < 4.78 is 5.28. The number of benzene rings is 2. The van der Waals surface area contributed by atoms with E-state index in [9.17, 15) is 9.59 Å². The standard InChI is InChI=1S/C22H18ClNO3/c1-3-27-22(26)17-12(2)24-20-15-6-4-5-7-16(15)21(25)19(20)18(17)13-8-10-14(23)11-9-13/h4-11,18-19H,3H2,1-2H3/t18-,19+/m0/s1. The van der Waals surface area contributed by atoms with Gasteiger partial charge in [0.15, 0.2) is 5.78 Å². The van der Waals surface area contributed by atoms with Crippen molar-refractivity contribution in [3.8, 4) is 0 Å². The van der Waals surface area contributed by atoms with Crippen molar-refractivity contribution in [2.24, 2.45) is 10.9 Å². The monoisotopic (exact) mass is 379 g/mol. The highest BCUT2D eigenvalue weighted by Crippen LogP contribution is 2.46. The summed E-state index contributed by atoms with van der Waals surface area (Å²) in [4.78, 5) is 30.6. The number of halogens is 1. The number of rotatable bonds is 3. The van der Waals surface area contributed by atoms with Gasteiger partial charge < -0.3 is 4.74 Å². The van der Waals surface area contributed by atoms with Gasteiger partial charge in [-0.1, -0.05) is 48.0 Å². The van der Waals surface area contributed by atoms with E-state index in [0.29, 0.717) is 21.9 Å². The van der Waals surface area contributed by atoms with Gasteiger partial charge in [0.2, 0.25) is 0 Å². The van der Waals surface area contributed by atoms with E-state index in [0.717, 1.165) is 16.8 Å². The third-order valence-corrected chi connectivity index (χ3v) is 5.34. The second-order valence-electron chi connectivity index (χ2n) is 6.63. The molecule has 2 atom stereocenters. The molecular formula is C22H18ClNO3. The maximum atomic E-state index is 13.2. The van der Waals surface area contributed by atoms with E-state index in [-0.39, 0.29) is 12.4 Å². The number of Topliss-reactive ketones (excluding diaryl/α,β-unsaturated/α-hetero) is 1. The molecule has 136 valence electrons. The summed E-state index contributed by atoms with van der Waals surface area (Å²) in [5.74, 6) is -1.43.